The fraction of sp³-hybridized carbons (Fsp3) is 0.208. The van der Waals surface area contributed by atoms with E-state index in [1.54, 1.807) is 41.2 Å². The monoisotopic (exact) mass is 496 g/mol. The maximum absolute atomic E-state index is 12.0. The van der Waals surface area contributed by atoms with Crippen molar-refractivity contribution in [3.8, 4) is 17.0 Å². The van der Waals surface area contributed by atoms with Gasteiger partial charge in [0.1, 0.15) is 5.75 Å². The average molecular weight is 496 g/mol. The number of ether oxygens (including phenoxy) is 1. The van der Waals surface area contributed by atoms with Gasteiger partial charge in [-0.3, -0.25) is 14.8 Å². The number of halogens is 3. The van der Waals surface area contributed by atoms with Crippen LogP contribution in [0.4, 0.5) is 13.2 Å². The molecule has 4 heterocycles. The Morgan fingerprint density at radius 1 is 1.08 bits per heavy atom. The minimum atomic E-state index is -4.33. The van der Waals surface area contributed by atoms with Gasteiger partial charge < -0.3 is 9.72 Å². The number of rotatable bonds is 4. The lowest BCUT2D eigenvalue weighted by atomic mass is 10.1. The number of aromatic amines is 2. The number of aromatic nitrogens is 6. The molecule has 1 aliphatic carbocycles. The molecule has 2 N–H and O–H groups in total. The van der Waals surface area contributed by atoms with Crippen molar-refractivity contribution in [2.75, 3.05) is 6.61 Å². The zero-order valence-electron chi connectivity index (χ0n) is 18.6. The second kappa shape index (κ2) is 9.29. The van der Waals surface area contributed by atoms with Gasteiger partial charge in [0.2, 0.25) is 0 Å². The molecule has 1 aromatic carbocycles. The molecule has 184 valence electrons. The Bertz CT molecular complexity index is 1650. The van der Waals surface area contributed by atoms with Crippen molar-refractivity contribution >= 4 is 16.6 Å². The van der Waals surface area contributed by atoms with Crippen LogP contribution in [0.1, 0.15) is 24.3 Å². The van der Waals surface area contributed by atoms with Crippen LogP contribution in [-0.4, -0.2) is 42.3 Å². The highest BCUT2D eigenvalue weighted by Crippen LogP contribution is 2.42. The summed E-state index contributed by atoms with van der Waals surface area (Å²) in [6.45, 7) is -1.29. The van der Waals surface area contributed by atoms with E-state index in [-0.39, 0.29) is 5.75 Å². The quantitative estimate of drug-likeness (QED) is 0.391. The number of hydrogen-bond acceptors (Lipinski definition) is 6. The Morgan fingerprint density at radius 2 is 1.89 bits per heavy atom. The molecular weight excluding hydrogens is 477 g/mol. The van der Waals surface area contributed by atoms with Crippen LogP contribution in [0.3, 0.4) is 0 Å². The largest absolute Gasteiger partial charge is 0.483 e. The number of fused-ring (bicyclic) bond motifs is 2. The van der Waals surface area contributed by atoms with Crippen LogP contribution in [0.2, 0.25) is 0 Å². The molecule has 0 spiro atoms. The third-order valence-corrected chi connectivity index (χ3v) is 5.50. The SMILES string of the molecule is FC(F)(F)COc1ccnc2ccccc12.O=c1[nH]cc(-c2cc(C3CC3)c3nccn3n2)c(=O)[nH]1. The van der Waals surface area contributed by atoms with Gasteiger partial charge in [0.25, 0.3) is 5.56 Å². The zero-order valence-corrected chi connectivity index (χ0v) is 18.6. The zero-order chi connectivity index (χ0) is 25.3. The van der Waals surface area contributed by atoms with Crippen LogP contribution in [0.5, 0.6) is 5.75 Å². The molecule has 1 fully saturated rings. The van der Waals surface area contributed by atoms with E-state index in [0.717, 1.165) is 24.1 Å². The van der Waals surface area contributed by atoms with E-state index in [9.17, 15) is 22.8 Å². The number of pyridine rings is 1. The first-order chi connectivity index (χ1) is 17.3. The maximum atomic E-state index is 12.0. The summed E-state index contributed by atoms with van der Waals surface area (Å²) in [5.74, 6) is 0.686. The first kappa shape index (κ1) is 23.3. The van der Waals surface area contributed by atoms with Crippen molar-refractivity contribution in [2.24, 2.45) is 0 Å². The normalized spacial score (nSPS) is 13.4. The number of benzene rings is 1. The van der Waals surface area contributed by atoms with E-state index in [4.69, 9.17) is 4.74 Å². The second-order valence-electron chi connectivity index (χ2n) is 8.17. The maximum Gasteiger partial charge on any atom is 0.422 e. The van der Waals surface area contributed by atoms with E-state index in [1.165, 1.54) is 18.5 Å². The second-order valence-corrected chi connectivity index (χ2v) is 8.17. The molecule has 6 rings (SSSR count). The summed E-state index contributed by atoms with van der Waals surface area (Å²) >= 11 is 0. The molecular formula is C24H19F3N6O3. The summed E-state index contributed by atoms with van der Waals surface area (Å²) in [5, 5.41) is 4.96. The first-order valence-electron chi connectivity index (χ1n) is 11.0. The Morgan fingerprint density at radius 3 is 2.64 bits per heavy atom. The number of hydrogen-bond donors (Lipinski definition) is 2. The molecule has 0 aliphatic heterocycles. The number of nitrogens with zero attached hydrogens (tertiary/aromatic N) is 4. The van der Waals surface area contributed by atoms with Crippen LogP contribution in [0.15, 0.2) is 70.8 Å². The van der Waals surface area contributed by atoms with Gasteiger partial charge in [-0.25, -0.2) is 14.3 Å². The van der Waals surface area contributed by atoms with E-state index in [1.807, 2.05) is 6.07 Å². The van der Waals surface area contributed by atoms with Crippen molar-refractivity contribution in [1.29, 1.82) is 0 Å². The summed E-state index contributed by atoms with van der Waals surface area (Å²) in [5.41, 5.74) is 2.47. The summed E-state index contributed by atoms with van der Waals surface area (Å²) < 4.78 is 42.4. The van der Waals surface area contributed by atoms with Crippen molar-refractivity contribution < 1.29 is 17.9 Å². The number of alkyl halides is 3. The van der Waals surface area contributed by atoms with Crippen LogP contribution >= 0.6 is 0 Å². The van der Waals surface area contributed by atoms with Crippen molar-refractivity contribution in [1.82, 2.24) is 29.5 Å². The molecule has 36 heavy (non-hydrogen) atoms. The van der Waals surface area contributed by atoms with E-state index in [0.29, 0.717) is 28.1 Å². The molecule has 0 saturated heterocycles. The molecule has 1 aliphatic rings. The van der Waals surface area contributed by atoms with Gasteiger partial charge >= 0.3 is 11.9 Å². The Balaban J connectivity index is 0.000000152. The van der Waals surface area contributed by atoms with Gasteiger partial charge in [0.15, 0.2) is 12.3 Å². The van der Waals surface area contributed by atoms with Gasteiger partial charge in [-0.15, -0.1) is 0 Å². The Kier molecular flexibility index (Phi) is 6.00. The molecule has 1 saturated carbocycles. The number of nitrogens with one attached hydrogen (secondary N) is 2. The lowest BCUT2D eigenvalue weighted by Crippen LogP contribution is -2.23. The minimum absolute atomic E-state index is 0.197. The van der Waals surface area contributed by atoms with E-state index < -0.39 is 24.0 Å². The molecule has 9 nitrogen and oxygen atoms in total. The number of para-hydroxylation sites is 1. The molecule has 0 unspecified atom stereocenters. The highest BCUT2D eigenvalue weighted by molar-refractivity contribution is 5.84. The van der Waals surface area contributed by atoms with Crippen molar-refractivity contribution in [3.05, 3.63) is 87.6 Å². The fourth-order valence-corrected chi connectivity index (χ4v) is 3.72. The molecule has 0 bridgehead atoms. The summed E-state index contributed by atoms with van der Waals surface area (Å²) in [4.78, 5) is 36.0. The van der Waals surface area contributed by atoms with Gasteiger partial charge in [-0.1, -0.05) is 12.1 Å². The highest BCUT2D eigenvalue weighted by atomic mass is 19.4. The standard InChI is InChI=1S/C13H11N5O2.C11H8F3NO/c19-12-9(6-15-13(20)16-12)10-5-8(7-1-2-7)11-14-3-4-18(11)17-10;12-11(13,14)7-16-10-5-6-15-9-4-2-1-3-8(9)10/h3-7H,1-2H2,(H2,15,16,19,20);1-6H,7H2. The molecule has 12 heteroatoms. The molecule has 0 atom stereocenters. The molecule has 4 aromatic heterocycles. The number of H-pyrrole nitrogens is 2. The van der Waals surface area contributed by atoms with Crippen LogP contribution < -0.4 is 16.0 Å². The van der Waals surface area contributed by atoms with E-state index in [2.05, 4.69) is 25.0 Å². The van der Waals surface area contributed by atoms with Crippen molar-refractivity contribution in [3.63, 3.8) is 0 Å². The lowest BCUT2D eigenvalue weighted by Gasteiger charge is -2.10. The predicted molar refractivity (Wildman–Crippen MR) is 125 cm³/mol. The van der Waals surface area contributed by atoms with Crippen molar-refractivity contribution in [2.45, 2.75) is 24.9 Å². The Hall–Kier alpha value is -4.48. The first-order valence-corrected chi connectivity index (χ1v) is 11.0. The topological polar surface area (TPSA) is 118 Å². The predicted octanol–water partition coefficient (Wildman–Crippen LogP) is 3.83. The fourth-order valence-electron chi connectivity index (χ4n) is 3.72. The Labute approximate surface area is 200 Å². The third-order valence-electron chi connectivity index (χ3n) is 5.50. The molecule has 5 aromatic rings. The summed E-state index contributed by atoms with van der Waals surface area (Å²) in [7, 11) is 0. The van der Waals surface area contributed by atoms with Crippen LogP contribution in [-0.2, 0) is 0 Å². The summed E-state index contributed by atoms with van der Waals surface area (Å²) in [6.07, 6.45) is 4.20. The van der Waals surface area contributed by atoms with Crippen LogP contribution in [0, 0.1) is 0 Å². The van der Waals surface area contributed by atoms with Gasteiger partial charge in [-0.2, -0.15) is 18.3 Å². The van der Waals surface area contributed by atoms with Gasteiger partial charge in [0.05, 0.1) is 16.8 Å². The van der Waals surface area contributed by atoms with Gasteiger partial charge in [-0.05, 0) is 43.0 Å². The van der Waals surface area contributed by atoms with E-state index >= 15 is 0 Å². The smallest absolute Gasteiger partial charge is 0.422 e. The van der Waals surface area contributed by atoms with Gasteiger partial charge in [0, 0.05) is 35.7 Å². The summed E-state index contributed by atoms with van der Waals surface area (Å²) in [6, 6.07) is 10.2. The minimum Gasteiger partial charge on any atom is -0.483 e. The third kappa shape index (κ3) is 5.11. The molecule has 0 radical (unpaired) electrons. The lowest BCUT2D eigenvalue weighted by molar-refractivity contribution is -0.153. The average Bonchev–Trinajstić information content (AvgIpc) is 3.58. The molecule has 0 amide bonds. The van der Waals surface area contributed by atoms with Crippen LogP contribution in [0.25, 0.3) is 27.8 Å². The highest BCUT2D eigenvalue weighted by Gasteiger charge is 2.29. The number of imidazole rings is 1.